The molecule has 3 heterocycles. The summed E-state index contributed by atoms with van der Waals surface area (Å²) < 4.78 is 10.9. The zero-order chi connectivity index (χ0) is 33.7. The molecule has 0 unspecified atom stereocenters. The molecule has 6 heteroatoms. The quantitative estimate of drug-likeness (QED) is 0.115. The second kappa shape index (κ2) is 13.8. The SMILES string of the molecule is CCc1ccnc(-n2c3[c-]c(Oc4[c-]c(-n5nc(C)c(-c6c(C)cccc6C)c5C(C)C)cc(C(C)C)c4)ccc3c3ccccc32)c1.[Pd+2]. The first kappa shape index (κ1) is 34.4. The third-order valence-corrected chi connectivity index (χ3v) is 9.35. The van der Waals surface area contributed by atoms with Crippen LogP contribution in [-0.4, -0.2) is 19.3 Å². The summed E-state index contributed by atoms with van der Waals surface area (Å²) in [5, 5.41) is 7.41. The van der Waals surface area contributed by atoms with Crippen molar-refractivity contribution in [3.05, 3.63) is 131 Å². The van der Waals surface area contributed by atoms with Crippen molar-refractivity contribution < 1.29 is 25.2 Å². The zero-order valence-corrected chi connectivity index (χ0v) is 31.0. The van der Waals surface area contributed by atoms with Crippen LogP contribution in [0, 0.1) is 32.9 Å². The molecule has 0 saturated heterocycles. The number of aromatic nitrogens is 4. The zero-order valence-electron chi connectivity index (χ0n) is 29.5. The number of hydrogen-bond acceptors (Lipinski definition) is 3. The molecule has 0 bridgehead atoms. The standard InChI is InChI=1S/C43H42N4O.Pd/c1-9-31-19-20-44-40(21-31)46-38-16-11-10-15-36(38)37-18-17-34(25-39(37)46)48-35-23-32(26(2)3)22-33(24-35)47-43(27(4)5)42(30(8)45-47)41-28(6)13-12-14-29(41)7;/h10-23,26-27H,9H2,1-8H3;/q-2;+2. The van der Waals surface area contributed by atoms with Gasteiger partial charge < -0.3 is 9.30 Å². The van der Waals surface area contributed by atoms with Gasteiger partial charge in [0, 0.05) is 28.8 Å². The Morgan fingerprint density at radius 1 is 0.755 bits per heavy atom. The molecule has 0 aliphatic rings. The van der Waals surface area contributed by atoms with Crippen LogP contribution in [0.3, 0.4) is 0 Å². The number of hydrogen-bond donors (Lipinski definition) is 0. The van der Waals surface area contributed by atoms with Gasteiger partial charge in [-0.05, 0) is 90.6 Å². The van der Waals surface area contributed by atoms with Crippen LogP contribution in [-0.2, 0) is 26.8 Å². The van der Waals surface area contributed by atoms with Crippen molar-refractivity contribution in [2.75, 3.05) is 0 Å². The Balaban J connectivity index is 0.00000417. The van der Waals surface area contributed by atoms with Gasteiger partial charge in [-0.2, -0.15) is 11.2 Å². The second-order valence-corrected chi connectivity index (χ2v) is 13.4. The van der Waals surface area contributed by atoms with Crippen LogP contribution in [0.15, 0.2) is 85.1 Å². The van der Waals surface area contributed by atoms with E-state index in [4.69, 9.17) is 14.8 Å². The minimum Gasteiger partial charge on any atom is -0.509 e. The van der Waals surface area contributed by atoms with Crippen molar-refractivity contribution in [3.8, 4) is 34.1 Å². The van der Waals surface area contributed by atoms with E-state index < -0.39 is 0 Å². The third kappa shape index (κ3) is 6.25. The summed E-state index contributed by atoms with van der Waals surface area (Å²) in [6.45, 7) is 17.5. The van der Waals surface area contributed by atoms with Crippen molar-refractivity contribution in [2.45, 2.75) is 73.6 Å². The van der Waals surface area contributed by atoms with Crippen molar-refractivity contribution in [1.29, 1.82) is 0 Å². The van der Waals surface area contributed by atoms with Gasteiger partial charge in [-0.25, -0.2) is 4.98 Å². The molecule has 4 aromatic carbocycles. The number of nitrogens with zero attached hydrogens (tertiary/aromatic N) is 4. The maximum Gasteiger partial charge on any atom is 2.00 e. The molecule has 0 amide bonds. The molecule has 7 aromatic rings. The number of rotatable bonds is 8. The minimum atomic E-state index is 0. The van der Waals surface area contributed by atoms with Gasteiger partial charge in [-0.1, -0.05) is 76.5 Å². The Bertz CT molecular complexity index is 2290. The molecule has 49 heavy (non-hydrogen) atoms. The van der Waals surface area contributed by atoms with E-state index >= 15 is 0 Å². The van der Waals surface area contributed by atoms with Gasteiger partial charge in [0.1, 0.15) is 5.82 Å². The molecule has 5 nitrogen and oxygen atoms in total. The van der Waals surface area contributed by atoms with Crippen LogP contribution in [0.5, 0.6) is 11.5 Å². The van der Waals surface area contributed by atoms with Gasteiger partial charge in [0.2, 0.25) is 0 Å². The van der Waals surface area contributed by atoms with Crippen molar-refractivity contribution in [1.82, 2.24) is 19.3 Å². The molecule has 0 N–H and O–H groups in total. The first-order chi connectivity index (χ1) is 23.1. The van der Waals surface area contributed by atoms with Crippen molar-refractivity contribution in [3.63, 3.8) is 0 Å². The van der Waals surface area contributed by atoms with E-state index in [9.17, 15) is 0 Å². The number of aryl methyl sites for hydroxylation is 4. The Labute approximate surface area is 303 Å². The predicted molar refractivity (Wildman–Crippen MR) is 197 cm³/mol. The molecule has 0 spiro atoms. The largest absolute Gasteiger partial charge is 2.00 e. The Morgan fingerprint density at radius 3 is 2.22 bits per heavy atom. The first-order valence-corrected chi connectivity index (χ1v) is 17.0. The van der Waals surface area contributed by atoms with Crippen LogP contribution in [0.1, 0.15) is 80.1 Å². The van der Waals surface area contributed by atoms with Crippen LogP contribution in [0.4, 0.5) is 0 Å². The predicted octanol–water partition coefficient (Wildman–Crippen LogP) is 11.2. The minimum absolute atomic E-state index is 0. The molecule has 0 aliphatic carbocycles. The van der Waals surface area contributed by atoms with Gasteiger partial charge in [0.05, 0.1) is 11.4 Å². The van der Waals surface area contributed by atoms with E-state index in [1.807, 2.05) is 12.3 Å². The number of ether oxygens (including phenoxy) is 1. The normalized spacial score (nSPS) is 11.6. The topological polar surface area (TPSA) is 44.9 Å². The second-order valence-electron chi connectivity index (χ2n) is 13.4. The van der Waals surface area contributed by atoms with Crippen molar-refractivity contribution >= 4 is 21.8 Å². The molecule has 0 saturated carbocycles. The van der Waals surface area contributed by atoms with Gasteiger partial charge in [-0.15, -0.1) is 41.3 Å². The monoisotopic (exact) mass is 736 g/mol. The van der Waals surface area contributed by atoms with Crippen LogP contribution in [0.25, 0.3) is 44.4 Å². The maximum absolute atomic E-state index is 6.65. The average Bonchev–Trinajstić information content (AvgIpc) is 3.59. The van der Waals surface area contributed by atoms with E-state index in [1.165, 1.54) is 33.5 Å². The van der Waals surface area contributed by atoms with Gasteiger partial charge >= 0.3 is 20.4 Å². The van der Waals surface area contributed by atoms with E-state index in [1.54, 1.807) is 0 Å². The molecule has 0 fully saturated rings. The molecule has 0 aliphatic heterocycles. The van der Waals surface area contributed by atoms with Gasteiger partial charge in [-0.3, -0.25) is 4.68 Å². The third-order valence-electron chi connectivity index (χ3n) is 9.35. The fourth-order valence-corrected chi connectivity index (χ4v) is 6.92. The average molecular weight is 737 g/mol. The van der Waals surface area contributed by atoms with Crippen LogP contribution >= 0.6 is 0 Å². The summed E-state index contributed by atoms with van der Waals surface area (Å²) in [6, 6.07) is 34.8. The van der Waals surface area contributed by atoms with Gasteiger partial charge in [0.15, 0.2) is 0 Å². The molecule has 0 radical (unpaired) electrons. The Kier molecular flexibility index (Phi) is 9.67. The molecule has 0 atom stereocenters. The van der Waals surface area contributed by atoms with E-state index in [2.05, 4.69) is 150 Å². The Hall–Kier alpha value is -4.50. The molecular formula is C43H42N4OPd. The van der Waals surface area contributed by atoms with Crippen LogP contribution in [0.2, 0.25) is 0 Å². The fraction of sp³-hybridized carbons (Fsp3) is 0.256. The Morgan fingerprint density at radius 2 is 1.51 bits per heavy atom. The summed E-state index contributed by atoms with van der Waals surface area (Å²) >= 11 is 0. The van der Waals surface area contributed by atoms with E-state index in [0.29, 0.717) is 11.5 Å². The summed E-state index contributed by atoms with van der Waals surface area (Å²) in [7, 11) is 0. The number of para-hydroxylation sites is 1. The fourth-order valence-electron chi connectivity index (χ4n) is 6.92. The van der Waals surface area contributed by atoms with E-state index in [0.717, 1.165) is 51.0 Å². The van der Waals surface area contributed by atoms with E-state index in [-0.39, 0.29) is 32.3 Å². The summed E-state index contributed by atoms with van der Waals surface area (Å²) in [5.74, 6) is 2.65. The number of pyridine rings is 1. The smallest absolute Gasteiger partial charge is 0.509 e. The maximum atomic E-state index is 6.65. The molecule has 250 valence electrons. The van der Waals surface area contributed by atoms with Crippen molar-refractivity contribution in [2.24, 2.45) is 0 Å². The van der Waals surface area contributed by atoms with Gasteiger partial charge in [0.25, 0.3) is 0 Å². The number of benzene rings is 4. The number of fused-ring (bicyclic) bond motifs is 3. The van der Waals surface area contributed by atoms with Crippen LogP contribution < -0.4 is 4.74 Å². The molecular weight excluding hydrogens is 695 g/mol. The molecule has 3 aromatic heterocycles. The summed E-state index contributed by atoms with van der Waals surface area (Å²) in [6.07, 6.45) is 2.83. The first-order valence-electron chi connectivity index (χ1n) is 17.0. The molecule has 7 rings (SSSR count). The summed E-state index contributed by atoms with van der Waals surface area (Å²) in [4.78, 5) is 4.77. The summed E-state index contributed by atoms with van der Waals surface area (Å²) in [5.41, 5.74) is 12.4.